The molecule has 5 rings (SSSR count). The summed E-state index contributed by atoms with van der Waals surface area (Å²) < 4.78 is 2.59. The number of benzene rings is 3. The topological polar surface area (TPSA) is 63.0 Å². The van der Waals surface area contributed by atoms with Gasteiger partial charge in [-0.05, 0) is 61.4 Å². The van der Waals surface area contributed by atoms with Crippen molar-refractivity contribution in [3.05, 3.63) is 105 Å². The minimum absolute atomic E-state index is 0.134. The lowest BCUT2D eigenvalue weighted by molar-refractivity contribution is 0.827. The van der Waals surface area contributed by atoms with Crippen LogP contribution < -0.4 is 5.56 Å². The average molecular weight is 519 g/mol. The minimum atomic E-state index is -0.134. The maximum Gasteiger partial charge on any atom is 0.282 e. The number of fused-ring (bicyclic) bond motifs is 1. The molecule has 0 unspecified atom stereocenters. The maximum absolute atomic E-state index is 13.8. The summed E-state index contributed by atoms with van der Waals surface area (Å²) in [5.74, 6) is 0.580. The summed E-state index contributed by atoms with van der Waals surface area (Å²) in [4.78, 5) is 24.5. The number of thioether (sulfide) groups is 1. The minimum Gasteiger partial charge on any atom is -0.291 e. The molecule has 0 bridgehead atoms. The number of aliphatic imine (C=N–C) groups is 1. The summed E-state index contributed by atoms with van der Waals surface area (Å²) >= 11 is 9.18. The molecule has 35 heavy (non-hydrogen) atoms. The highest BCUT2D eigenvalue weighted by Gasteiger charge is 2.21. The van der Waals surface area contributed by atoms with Crippen LogP contribution in [0.3, 0.4) is 0 Å². The molecule has 0 aliphatic carbocycles. The van der Waals surface area contributed by atoms with Crippen molar-refractivity contribution in [2.24, 2.45) is 4.99 Å². The third-order valence-electron chi connectivity index (χ3n) is 5.63. The van der Waals surface area contributed by atoms with Crippen LogP contribution in [0.25, 0.3) is 15.3 Å². The summed E-state index contributed by atoms with van der Waals surface area (Å²) in [6, 6.07) is 23.6. The summed E-state index contributed by atoms with van der Waals surface area (Å²) in [5, 5.41) is 4.66. The first kappa shape index (κ1) is 23.6. The van der Waals surface area contributed by atoms with E-state index in [2.05, 4.69) is 5.10 Å². The molecule has 2 aromatic heterocycles. The molecule has 5 nitrogen and oxygen atoms in total. The first-order valence-electron chi connectivity index (χ1n) is 11.2. The lowest BCUT2D eigenvalue weighted by Crippen LogP contribution is -2.20. The fourth-order valence-electron chi connectivity index (χ4n) is 3.81. The SMILES string of the molecule is CCC(=Nc1ccccc1C)c1c(CSc2ccc(Cl)cc2)[nH]n(-c2nc3ccccc3s2)c1=O. The predicted octanol–water partition coefficient (Wildman–Crippen LogP) is 7.56. The van der Waals surface area contributed by atoms with Crippen molar-refractivity contribution in [1.29, 1.82) is 0 Å². The Hall–Kier alpha value is -3.13. The summed E-state index contributed by atoms with van der Waals surface area (Å²) in [6.07, 6.45) is 0.625. The van der Waals surface area contributed by atoms with Gasteiger partial charge in [0, 0.05) is 15.7 Å². The van der Waals surface area contributed by atoms with Gasteiger partial charge in [0.15, 0.2) is 0 Å². The van der Waals surface area contributed by atoms with Gasteiger partial charge in [-0.2, -0.15) is 4.68 Å². The second-order valence-corrected chi connectivity index (χ2v) is 10.5. The molecule has 0 aliphatic heterocycles. The van der Waals surface area contributed by atoms with Crippen molar-refractivity contribution in [2.45, 2.75) is 30.9 Å². The zero-order chi connectivity index (χ0) is 24.4. The Morgan fingerprint density at radius 1 is 1.09 bits per heavy atom. The third-order valence-corrected chi connectivity index (χ3v) is 7.94. The van der Waals surface area contributed by atoms with Gasteiger partial charge < -0.3 is 0 Å². The van der Waals surface area contributed by atoms with Crippen LogP contribution in [0, 0.1) is 6.92 Å². The normalized spacial score (nSPS) is 11.9. The summed E-state index contributed by atoms with van der Waals surface area (Å²) in [5.41, 5.74) is 4.86. The molecule has 1 N–H and O–H groups in total. The number of nitrogens with one attached hydrogen (secondary N) is 1. The van der Waals surface area contributed by atoms with E-state index >= 15 is 0 Å². The molecule has 0 fully saturated rings. The molecule has 0 radical (unpaired) electrons. The second-order valence-electron chi connectivity index (χ2n) is 8.01. The van der Waals surface area contributed by atoms with Crippen molar-refractivity contribution in [3.8, 4) is 5.13 Å². The highest BCUT2D eigenvalue weighted by molar-refractivity contribution is 7.98. The molecule has 0 spiro atoms. The molecule has 0 saturated heterocycles. The quantitative estimate of drug-likeness (QED) is 0.178. The molecule has 0 saturated carbocycles. The van der Waals surface area contributed by atoms with Crippen LogP contribution >= 0.6 is 34.7 Å². The van der Waals surface area contributed by atoms with E-state index in [1.807, 2.05) is 86.6 Å². The molecule has 3 aromatic carbocycles. The van der Waals surface area contributed by atoms with Gasteiger partial charge >= 0.3 is 0 Å². The van der Waals surface area contributed by atoms with Crippen LogP contribution in [0.2, 0.25) is 5.02 Å². The number of nitrogens with zero attached hydrogens (tertiary/aromatic N) is 3. The molecule has 5 aromatic rings. The van der Waals surface area contributed by atoms with Crippen molar-refractivity contribution in [3.63, 3.8) is 0 Å². The Balaban J connectivity index is 1.62. The number of aromatic amines is 1. The molecule has 0 aliphatic rings. The predicted molar refractivity (Wildman–Crippen MR) is 148 cm³/mol. The van der Waals surface area contributed by atoms with E-state index < -0.39 is 0 Å². The number of thiazole rings is 1. The third kappa shape index (κ3) is 4.98. The first-order chi connectivity index (χ1) is 17.0. The Morgan fingerprint density at radius 3 is 2.57 bits per heavy atom. The Morgan fingerprint density at radius 2 is 1.83 bits per heavy atom. The van der Waals surface area contributed by atoms with E-state index in [4.69, 9.17) is 21.6 Å². The fourth-order valence-corrected chi connectivity index (χ4v) is 5.71. The van der Waals surface area contributed by atoms with Crippen molar-refractivity contribution < 1.29 is 0 Å². The summed E-state index contributed by atoms with van der Waals surface area (Å²) in [6.45, 7) is 4.06. The van der Waals surface area contributed by atoms with Gasteiger partial charge in [0.05, 0.1) is 32.9 Å². The highest BCUT2D eigenvalue weighted by atomic mass is 35.5. The number of para-hydroxylation sites is 2. The Kier molecular flexibility index (Phi) is 6.90. The Labute approximate surface area is 216 Å². The Bertz CT molecular complexity index is 1550. The van der Waals surface area contributed by atoms with Crippen LogP contribution in [-0.2, 0) is 5.75 Å². The van der Waals surface area contributed by atoms with E-state index in [1.165, 1.54) is 11.3 Å². The smallest absolute Gasteiger partial charge is 0.282 e. The standard InChI is InChI=1S/C27H23ClN4OS2/c1-3-20(29-21-9-5-4-8-17(21)2)25-23(16-34-19-14-12-18(28)13-15-19)31-32(26(25)33)27-30-22-10-6-7-11-24(22)35-27/h4-15,31H,3,16H2,1-2H3. The van der Waals surface area contributed by atoms with Gasteiger partial charge in [0.2, 0.25) is 5.13 Å². The van der Waals surface area contributed by atoms with Gasteiger partial charge in [0.1, 0.15) is 0 Å². The van der Waals surface area contributed by atoms with E-state index in [-0.39, 0.29) is 5.56 Å². The van der Waals surface area contributed by atoms with E-state index in [9.17, 15) is 4.79 Å². The maximum atomic E-state index is 13.8. The van der Waals surface area contributed by atoms with Crippen LogP contribution in [0.4, 0.5) is 5.69 Å². The van der Waals surface area contributed by atoms with Gasteiger partial charge in [-0.3, -0.25) is 14.9 Å². The number of H-pyrrole nitrogens is 1. The van der Waals surface area contributed by atoms with Gasteiger partial charge in [0.25, 0.3) is 5.56 Å². The number of aromatic nitrogens is 3. The zero-order valence-corrected chi connectivity index (χ0v) is 21.7. The first-order valence-corrected chi connectivity index (χ1v) is 13.4. The molecule has 2 heterocycles. The lowest BCUT2D eigenvalue weighted by atomic mass is 10.1. The molecular weight excluding hydrogens is 496 g/mol. The number of rotatable bonds is 7. The average Bonchev–Trinajstić information content (AvgIpc) is 3.44. The second kappa shape index (κ2) is 10.2. The molecule has 176 valence electrons. The van der Waals surface area contributed by atoms with Crippen LogP contribution in [0.1, 0.15) is 30.2 Å². The van der Waals surface area contributed by atoms with Gasteiger partial charge in [-0.1, -0.05) is 60.2 Å². The van der Waals surface area contributed by atoms with Gasteiger partial charge in [-0.25, -0.2) is 4.98 Å². The number of aryl methyl sites for hydroxylation is 1. The van der Waals surface area contributed by atoms with Crippen LogP contribution in [-0.4, -0.2) is 20.5 Å². The number of hydrogen-bond acceptors (Lipinski definition) is 5. The molecule has 0 amide bonds. The molecule has 8 heteroatoms. The number of halogens is 1. The summed E-state index contributed by atoms with van der Waals surface area (Å²) in [7, 11) is 0. The molecule has 0 atom stereocenters. The zero-order valence-electron chi connectivity index (χ0n) is 19.3. The monoisotopic (exact) mass is 518 g/mol. The fraction of sp³-hybridized carbons (Fsp3) is 0.148. The number of hydrogen-bond donors (Lipinski definition) is 1. The van der Waals surface area contributed by atoms with Crippen molar-refractivity contribution >= 4 is 56.3 Å². The van der Waals surface area contributed by atoms with E-state index in [1.54, 1.807) is 16.4 Å². The molecular formula is C27H23ClN4OS2. The largest absolute Gasteiger partial charge is 0.291 e. The van der Waals surface area contributed by atoms with Gasteiger partial charge in [-0.15, -0.1) is 11.8 Å². The lowest BCUT2D eigenvalue weighted by Gasteiger charge is -2.07. The highest BCUT2D eigenvalue weighted by Crippen LogP contribution is 2.28. The van der Waals surface area contributed by atoms with Crippen LogP contribution in [0.15, 0.2) is 87.5 Å². The van der Waals surface area contributed by atoms with E-state index in [0.717, 1.165) is 37.8 Å². The van der Waals surface area contributed by atoms with Crippen molar-refractivity contribution in [2.75, 3.05) is 0 Å². The van der Waals surface area contributed by atoms with E-state index in [0.29, 0.717) is 27.9 Å². The van der Waals surface area contributed by atoms with Crippen LogP contribution in [0.5, 0.6) is 0 Å². The van der Waals surface area contributed by atoms with Crippen molar-refractivity contribution in [1.82, 2.24) is 14.8 Å².